The first-order valence-corrected chi connectivity index (χ1v) is 6.17. The molecule has 94 valence electrons. The lowest BCUT2D eigenvalue weighted by molar-refractivity contribution is 0.0546. The van der Waals surface area contributed by atoms with Crippen LogP contribution < -0.4 is 0 Å². The quantitative estimate of drug-likeness (QED) is 0.737. The van der Waals surface area contributed by atoms with Gasteiger partial charge in [0.25, 0.3) is 5.91 Å². The molecule has 0 unspecified atom stereocenters. The number of carbonyl (C=O) groups excluding carboxylic acids is 1. The number of piperazine rings is 1. The van der Waals surface area contributed by atoms with Crippen LogP contribution in [-0.4, -0.2) is 47.9 Å². The van der Waals surface area contributed by atoms with Crippen LogP contribution in [0.3, 0.4) is 0 Å². The Morgan fingerprint density at radius 3 is 2.72 bits per heavy atom. The summed E-state index contributed by atoms with van der Waals surface area (Å²) in [6.07, 6.45) is 0. The van der Waals surface area contributed by atoms with E-state index in [1.807, 2.05) is 35.2 Å². The highest BCUT2D eigenvalue weighted by Gasteiger charge is 2.26. The molecule has 1 amide bonds. The van der Waals surface area contributed by atoms with Crippen LogP contribution in [-0.2, 0) is 0 Å². The third-order valence-corrected chi connectivity index (χ3v) is 3.35. The first-order chi connectivity index (χ1) is 8.72. The molecule has 4 heteroatoms. The Labute approximate surface area is 107 Å². The molecule has 0 bridgehead atoms. The molecule has 1 aliphatic rings. The van der Waals surface area contributed by atoms with Gasteiger partial charge in [-0.2, -0.15) is 5.26 Å². The number of hydrogen-bond donors (Lipinski definition) is 0. The summed E-state index contributed by atoms with van der Waals surface area (Å²) in [6, 6.07) is 11.8. The van der Waals surface area contributed by atoms with Gasteiger partial charge in [-0.25, -0.2) is 0 Å². The van der Waals surface area contributed by atoms with Crippen molar-refractivity contribution in [2.75, 3.05) is 26.2 Å². The van der Waals surface area contributed by atoms with Crippen molar-refractivity contribution in [2.24, 2.45) is 0 Å². The van der Waals surface area contributed by atoms with Gasteiger partial charge in [0.1, 0.15) is 0 Å². The first kappa shape index (κ1) is 12.6. The zero-order valence-electron chi connectivity index (χ0n) is 10.5. The zero-order valence-corrected chi connectivity index (χ0v) is 10.5. The molecule has 0 aromatic heterocycles. The van der Waals surface area contributed by atoms with Gasteiger partial charge in [0.05, 0.1) is 12.6 Å². The summed E-state index contributed by atoms with van der Waals surface area (Å²) in [4.78, 5) is 16.2. The lowest BCUT2D eigenvalue weighted by Gasteiger charge is -2.38. The summed E-state index contributed by atoms with van der Waals surface area (Å²) < 4.78 is 0. The Kier molecular flexibility index (Phi) is 3.96. The van der Waals surface area contributed by atoms with Crippen molar-refractivity contribution in [3.05, 3.63) is 35.9 Å². The van der Waals surface area contributed by atoms with E-state index in [2.05, 4.69) is 17.9 Å². The lowest BCUT2D eigenvalue weighted by atomic mass is 10.1. The van der Waals surface area contributed by atoms with Crippen LogP contribution in [0.25, 0.3) is 0 Å². The second kappa shape index (κ2) is 5.65. The Balaban J connectivity index is 2.01. The van der Waals surface area contributed by atoms with Gasteiger partial charge < -0.3 is 4.90 Å². The van der Waals surface area contributed by atoms with Crippen molar-refractivity contribution in [3.8, 4) is 6.07 Å². The van der Waals surface area contributed by atoms with Crippen LogP contribution in [0.4, 0.5) is 0 Å². The van der Waals surface area contributed by atoms with Crippen LogP contribution in [0.15, 0.2) is 30.3 Å². The van der Waals surface area contributed by atoms with Gasteiger partial charge in [-0.3, -0.25) is 9.69 Å². The number of rotatable bonds is 2. The topological polar surface area (TPSA) is 47.3 Å². The first-order valence-electron chi connectivity index (χ1n) is 6.17. The third-order valence-electron chi connectivity index (χ3n) is 3.35. The second-order valence-corrected chi connectivity index (χ2v) is 4.59. The van der Waals surface area contributed by atoms with E-state index < -0.39 is 0 Å². The molecule has 0 spiro atoms. The number of nitrogens with zero attached hydrogens (tertiary/aromatic N) is 3. The normalized spacial score (nSPS) is 20.4. The van der Waals surface area contributed by atoms with E-state index in [9.17, 15) is 4.79 Å². The van der Waals surface area contributed by atoms with Gasteiger partial charge in [0, 0.05) is 31.2 Å². The number of benzene rings is 1. The van der Waals surface area contributed by atoms with E-state index in [4.69, 9.17) is 5.26 Å². The molecule has 0 N–H and O–H groups in total. The minimum Gasteiger partial charge on any atom is -0.336 e. The molecule has 1 aromatic carbocycles. The van der Waals surface area contributed by atoms with Crippen LogP contribution in [0, 0.1) is 11.3 Å². The summed E-state index contributed by atoms with van der Waals surface area (Å²) >= 11 is 0. The van der Waals surface area contributed by atoms with E-state index in [-0.39, 0.29) is 11.9 Å². The fourth-order valence-electron chi connectivity index (χ4n) is 2.27. The van der Waals surface area contributed by atoms with E-state index in [1.54, 1.807) is 0 Å². The molecule has 0 saturated carbocycles. The van der Waals surface area contributed by atoms with Crippen LogP contribution in [0.2, 0.25) is 0 Å². The summed E-state index contributed by atoms with van der Waals surface area (Å²) in [6.45, 7) is 4.65. The number of carbonyl (C=O) groups is 1. The molecular formula is C14H17N3O. The minimum atomic E-state index is 0.0825. The molecule has 1 saturated heterocycles. The Hall–Kier alpha value is -1.86. The van der Waals surface area contributed by atoms with Crippen LogP contribution >= 0.6 is 0 Å². The minimum absolute atomic E-state index is 0.0825. The Morgan fingerprint density at radius 1 is 1.39 bits per heavy atom. The highest BCUT2D eigenvalue weighted by molar-refractivity contribution is 5.94. The highest BCUT2D eigenvalue weighted by atomic mass is 16.2. The molecule has 1 heterocycles. The van der Waals surface area contributed by atoms with Gasteiger partial charge in [-0.15, -0.1) is 0 Å². The highest BCUT2D eigenvalue weighted by Crippen LogP contribution is 2.12. The van der Waals surface area contributed by atoms with Crippen molar-refractivity contribution >= 4 is 5.91 Å². The number of hydrogen-bond acceptors (Lipinski definition) is 3. The van der Waals surface area contributed by atoms with Gasteiger partial charge in [-0.05, 0) is 19.1 Å². The fraction of sp³-hybridized carbons (Fsp3) is 0.429. The Morgan fingerprint density at radius 2 is 2.11 bits per heavy atom. The van der Waals surface area contributed by atoms with Crippen LogP contribution in [0.5, 0.6) is 0 Å². The van der Waals surface area contributed by atoms with Gasteiger partial charge in [0.15, 0.2) is 0 Å². The van der Waals surface area contributed by atoms with Crippen molar-refractivity contribution in [1.29, 1.82) is 5.26 Å². The molecule has 18 heavy (non-hydrogen) atoms. The molecule has 4 nitrogen and oxygen atoms in total. The standard InChI is InChI=1S/C14H17N3O/c1-12-11-17(10-9-16(12)8-7-15)14(18)13-5-3-2-4-6-13/h2-6,12H,8-11H2,1H3/t12-/m1/s1. The van der Waals surface area contributed by atoms with E-state index in [1.165, 1.54) is 0 Å². The molecular weight excluding hydrogens is 226 g/mol. The van der Waals surface area contributed by atoms with Gasteiger partial charge in [-0.1, -0.05) is 18.2 Å². The second-order valence-electron chi connectivity index (χ2n) is 4.59. The van der Waals surface area contributed by atoms with Crippen LogP contribution in [0.1, 0.15) is 17.3 Å². The number of amides is 1. The van der Waals surface area contributed by atoms with E-state index in [0.717, 1.165) is 12.1 Å². The lowest BCUT2D eigenvalue weighted by Crippen LogP contribution is -2.53. The largest absolute Gasteiger partial charge is 0.336 e. The maximum Gasteiger partial charge on any atom is 0.253 e. The maximum atomic E-state index is 12.3. The molecule has 0 radical (unpaired) electrons. The van der Waals surface area contributed by atoms with Crippen molar-refractivity contribution in [3.63, 3.8) is 0 Å². The maximum absolute atomic E-state index is 12.3. The summed E-state index contributed by atoms with van der Waals surface area (Å²) in [7, 11) is 0. The predicted octanol–water partition coefficient (Wildman–Crippen LogP) is 1.36. The predicted molar refractivity (Wildman–Crippen MR) is 69.0 cm³/mol. The molecule has 1 aliphatic heterocycles. The molecule has 1 atom stereocenters. The van der Waals surface area contributed by atoms with Crippen molar-refractivity contribution in [2.45, 2.75) is 13.0 Å². The smallest absolute Gasteiger partial charge is 0.253 e. The molecule has 0 aliphatic carbocycles. The SMILES string of the molecule is C[C@@H]1CN(C(=O)c2ccccc2)CCN1CC#N. The summed E-state index contributed by atoms with van der Waals surface area (Å²) in [5.74, 6) is 0.0825. The average Bonchev–Trinajstić information content (AvgIpc) is 2.41. The Bertz CT molecular complexity index is 452. The molecule has 1 fully saturated rings. The fourth-order valence-corrected chi connectivity index (χ4v) is 2.27. The zero-order chi connectivity index (χ0) is 13.0. The van der Waals surface area contributed by atoms with E-state index >= 15 is 0 Å². The number of nitriles is 1. The summed E-state index contributed by atoms with van der Waals surface area (Å²) in [5, 5.41) is 8.72. The average molecular weight is 243 g/mol. The molecule has 2 rings (SSSR count). The van der Waals surface area contributed by atoms with Crippen molar-refractivity contribution in [1.82, 2.24) is 9.80 Å². The van der Waals surface area contributed by atoms with Crippen molar-refractivity contribution < 1.29 is 4.79 Å². The van der Waals surface area contributed by atoms with Gasteiger partial charge >= 0.3 is 0 Å². The third kappa shape index (κ3) is 2.69. The monoisotopic (exact) mass is 243 g/mol. The van der Waals surface area contributed by atoms with Gasteiger partial charge in [0.2, 0.25) is 0 Å². The molecule has 1 aromatic rings. The summed E-state index contributed by atoms with van der Waals surface area (Å²) in [5.41, 5.74) is 0.735. The van der Waals surface area contributed by atoms with E-state index in [0.29, 0.717) is 19.6 Å².